The molecule has 0 saturated heterocycles. The molecule has 0 saturated carbocycles. The standard InChI is InChI=1S/C27H19NO6/c29-23-15-19(24-20-10-5-4-7-17(20)12-13-21(24)34-23)16-33-27(31)25(18-8-2-1-3-9-18)28-26(30)22-11-6-14-32-22/h1-15,25H,16H2,(H,28,30). The number of esters is 1. The summed E-state index contributed by atoms with van der Waals surface area (Å²) in [5.41, 5.74) is 0.929. The fourth-order valence-corrected chi connectivity index (χ4v) is 3.90. The highest BCUT2D eigenvalue weighted by atomic mass is 16.5. The number of fused-ring (bicyclic) bond motifs is 3. The SMILES string of the molecule is O=C(NC(C(=O)OCc1cc(=O)oc2ccc3ccccc3c12)c1ccccc1)c1ccco1. The van der Waals surface area contributed by atoms with E-state index in [1.54, 1.807) is 42.5 Å². The molecular formula is C27H19NO6. The lowest BCUT2D eigenvalue weighted by Crippen LogP contribution is -2.34. The van der Waals surface area contributed by atoms with E-state index in [1.165, 1.54) is 18.4 Å². The van der Waals surface area contributed by atoms with Crippen LogP contribution in [0.25, 0.3) is 21.7 Å². The van der Waals surface area contributed by atoms with Gasteiger partial charge in [-0.2, -0.15) is 0 Å². The first-order valence-electron chi connectivity index (χ1n) is 10.6. The molecule has 0 fully saturated rings. The van der Waals surface area contributed by atoms with Crippen LogP contribution in [0.15, 0.2) is 105 Å². The highest BCUT2D eigenvalue weighted by molar-refractivity contribution is 6.07. The van der Waals surface area contributed by atoms with Gasteiger partial charge < -0.3 is 18.9 Å². The van der Waals surface area contributed by atoms with Gasteiger partial charge in [0, 0.05) is 17.0 Å². The van der Waals surface area contributed by atoms with Crippen LogP contribution in [0.4, 0.5) is 0 Å². The first-order valence-corrected chi connectivity index (χ1v) is 10.6. The molecule has 1 atom stereocenters. The number of carbonyl (C=O) groups excluding carboxylic acids is 2. The number of rotatable bonds is 6. The zero-order valence-corrected chi connectivity index (χ0v) is 17.9. The normalized spacial score (nSPS) is 11.9. The number of nitrogens with one attached hydrogen (secondary N) is 1. The van der Waals surface area contributed by atoms with Crippen LogP contribution in [0.1, 0.15) is 27.7 Å². The van der Waals surface area contributed by atoms with Crippen LogP contribution in [0, 0.1) is 0 Å². The first-order chi connectivity index (χ1) is 16.6. The van der Waals surface area contributed by atoms with Crippen molar-refractivity contribution in [1.29, 1.82) is 0 Å². The van der Waals surface area contributed by atoms with E-state index < -0.39 is 23.5 Å². The van der Waals surface area contributed by atoms with Crippen molar-refractivity contribution in [2.24, 2.45) is 0 Å². The molecule has 2 heterocycles. The third-order valence-electron chi connectivity index (χ3n) is 5.47. The van der Waals surface area contributed by atoms with Crippen molar-refractivity contribution >= 4 is 33.6 Å². The molecule has 0 aliphatic heterocycles. The second kappa shape index (κ2) is 9.07. The molecule has 0 aliphatic carbocycles. The maximum Gasteiger partial charge on any atom is 0.336 e. The van der Waals surface area contributed by atoms with Crippen molar-refractivity contribution in [2.75, 3.05) is 0 Å². The summed E-state index contributed by atoms with van der Waals surface area (Å²) >= 11 is 0. The summed E-state index contributed by atoms with van der Waals surface area (Å²) in [6.45, 7) is -0.172. The minimum absolute atomic E-state index is 0.0758. The zero-order valence-electron chi connectivity index (χ0n) is 17.9. The number of hydrogen-bond acceptors (Lipinski definition) is 6. The molecule has 0 aliphatic rings. The van der Waals surface area contributed by atoms with Gasteiger partial charge in [0.25, 0.3) is 5.91 Å². The van der Waals surface area contributed by atoms with Gasteiger partial charge in [0.2, 0.25) is 0 Å². The Kier molecular flexibility index (Phi) is 5.66. The number of carbonyl (C=O) groups is 2. The molecule has 5 rings (SSSR count). The molecule has 2 aromatic heterocycles. The van der Waals surface area contributed by atoms with Crippen molar-refractivity contribution in [1.82, 2.24) is 5.32 Å². The van der Waals surface area contributed by atoms with Gasteiger partial charge in [-0.25, -0.2) is 9.59 Å². The fourth-order valence-electron chi connectivity index (χ4n) is 3.90. The average Bonchev–Trinajstić information content (AvgIpc) is 3.41. The molecule has 1 amide bonds. The lowest BCUT2D eigenvalue weighted by atomic mass is 10.0. The maximum atomic E-state index is 13.1. The maximum absolute atomic E-state index is 13.1. The average molecular weight is 453 g/mol. The second-order valence-corrected chi connectivity index (χ2v) is 7.65. The number of furan rings is 1. The van der Waals surface area contributed by atoms with Crippen LogP contribution < -0.4 is 10.9 Å². The van der Waals surface area contributed by atoms with Gasteiger partial charge in [0.15, 0.2) is 11.8 Å². The Labute approximate surface area is 193 Å². The van der Waals surface area contributed by atoms with Gasteiger partial charge >= 0.3 is 11.6 Å². The van der Waals surface area contributed by atoms with E-state index in [0.717, 1.165) is 10.8 Å². The summed E-state index contributed by atoms with van der Waals surface area (Å²) in [6, 6.07) is 23.4. The molecule has 7 heteroatoms. The summed E-state index contributed by atoms with van der Waals surface area (Å²) in [7, 11) is 0. The van der Waals surface area contributed by atoms with E-state index in [4.69, 9.17) is 13.6 Å². The predicted octanol–water partition coefficient (Wildman–Crippen LogP) is 4.75. The van der Waals surface area contributed by atoms with E-state index in [2.05, 4.69) is 5.32 Å². The lowest BCUT2D eigenvalue weighted by molar-refractivity contribution is -0.147. The molecule has 34 heavy (non-hydrogen) atoms. The Bertz CT molecular complexity index is 1540. The van der Waals surface area contributed by atoms with Crippen LogP contribution in [0.5, 0.6) is 0 Å². The lowest BCUT2D eigenvalue weighted by Gasteiger charge is -2.18. The van der Waals surface area contributed by atoms with Crippen LogP contribution in [0.3, 0.4) is 0 Å². The van der Waals surface area contributed by atoms with Crippen molar-refractivity contribution in [3.05, 3.63) is 118 Å². The number of ether oxygens (including phenoxy) is 1. The van der Waals surface area contributed by atoms with E-state index in [1.807, 2.05) is 30.3 Å². The highest BCUT2D eigenvalue weighted by Crippen LogP contribution is 2.28. The highest BCUT2D eigenvalue weighted by Gasteiger charge is 2.26. The second-order valence-electron chi connectivity index (χ2n) is 7.65. The van der Waals surface area contributed by atoms with Crippen LogP contribution in [-0.4, -0.2) is 11.9 Å². The van der Waals surface area contributed by atoms with E-state index in [-0.39, 0.29) is 12.4 Å². The minimum Gasteiger partial charge on any atom is -0.459 e. The van der Waals surface area contributed by atoms with Crippen LogP contribution >= 0.6 is 0 Å². The smallest absolute Gasteiger partial charge is 0.336 e. The van der Waals surface area contributed by atoms with Gasteiger partial charge in [0.1, 0.15) is 12.2 Å². The van der Waals surface area contributed by atoms with Gasteiger partial charge in [-0.3, -0.25) is 4.79 Å². The predicted molar refractivity (Wildman–Crippen MR) is 125 cm³/mol. The van der Waals surface area contributed by atoms with Crippen molar-refractivity contribution in [3.8, 4) is 0 Å². The van der Waals surface area contributed by atoms with Gasteiger partial charge in [-0.15, -0.1) is 0 Å². The van der Waals surface area contributed by atoms with Crippen molar-refractivity contribution in [3.63, 3.8) is 0 Å². The Hall–Kier alpha value is -4.65. The van der Waals surface area contributed by atoms with Gasteiger partial charge in [-0.05, 0) is 34.5 Å². The Balaban J connectivity index is 1.46. The largest absolute Gasteiger partial charge is 0.459 e. The summed E-state index contributed by atoms with van der Waals surface area (Å²) in [4.78, 5) is 37.8. The Morgan fingerprint density at radius 1 is 0.912 bits per heavy atom. The Morgan fingerprint density at radius 2 is 1.71 bits per heavy atom. The molecule has 0 bridgehead atoms. The Morgan fingerprint density at radius 3 is 2.50 bits per heavy atom. The molecule has 1 unspecified atom stereocenters. The zero-order chi connectivity index (χ0) is 23.5. The van der Waals surface area contributed by atoms with E-state index in [9.17, 15) is 14.4 Å². The monoisotopic (exact) mass is 453 g/mol. The summed E-state index contributed by atoms with van der Waals surface area (Å²) in [5, 5.41) is 5.20. The molecule has 0 radical (unpaired) electrons. The fraction of sp³-hybridized carbons (Fsp3) is 0.0741. The molecule has 7 nitrogen and oxygen atoms in total. The van der Waals surface area contributed by atoms with Gasteiger partial charge in [0.05, 0.1) is 6.26 Å². The third kappa shape index (κ3) is 4.19. The van der Waals surface area contributed by atoms with Crippen molar-refractivity contribution in [2.45, 2.75) is 12.6 Å². The van der Waals surface area contributed by atoms with Gasteiger partial charge in [-0.1, -0.05) is 60.7 Å². The number of benzene rings is 3. The van der Waals surface area contributed by atoms with E-state index >= 15 is 0 Å². The minimum atomic E-state index is -1.07. The first kappa shape index (κ1) is 21.2. The summed E-state index contributed by atoms with van der Waals surface area (Å²) in [6.07, 6.45) is 1.38. The molecule has 5 aromatic rings. The molecule has 1 N–H and O–H groups in total. The summed E-state index contributed by atoms with van der Waals surface area (Å²) < 4.78 is 16.1. The quantitative estimate of drug-likeness (QED) is 0.226. The topological polar surface area (TPSA) is 98.8 Å². The van der Waals surface area contributed by atoms with E-state index in [0.29, 0.717) is 22.1 Å². The molecule has 0 spiro atoms. The van der Waals surface area contributed by atoms with Crippen LogP contribution in [-0.2, 0) is 16.1 Å². The number of amides is 1. The summed E-state index contributed by atoms with van der Waals surface area (Å²) in [5.74, 6) is -1.15. The number of hydrogen-bond donors (Lipinski definition) is 1. The molecule has 168 valence electrons. The molecular weight excluding hydrogens is 434 g/mol. The van der Waals surface area contributed by atoms with Crippen molar-refractivity contribution < 1.29 is 23.2 Å². The van der Waals surface area contributed by atoms with Crippen LogP contribution in [0.2, 0.25) is 0 Å². The molecule has 3 aromatic carbocycles. The third-order valence-corrected chi connectivity index (χ3v) is 5.47.